The highest BCUT2D eigenvalue weighted by molar-refractivity contribution is 7.92. The Morgan fingerprint density at radius 2 is 1.67 bits per heavy atom. The molecular weight excluding hydrogens is 404 g/mol. The highest BCUT2D eigenvalue weighted by Crippen LogP contribution is 2.28. The van der Waals surface area contributed by atoms with E-state index < -0.39 is 10.0 Å². The fraction of sp³-hybridized carbons (Fsp3) is 0.136. The molecule has 156 valence electrons. The van der Waals surface area contributed by atoms with E-state index in [1.165, 1.54) is 20.3 Å². The van der Waals surface area contributed by atoms with E-state index in [0.717, 1.165) is 0 Å². The number of anilines is 2. The molecule has 30 heavy (non-hydrogen) atoms. The van der Waals surface area contributed by atoms with Crippen molar-refractivity contribution in [1.29, 1.82) is 0 Å². The van der Waals surface area contributed by atoms with Crippen LogP contribution in [-0.4, -0.2) is 28.5 Å². The Bertz CT molecular complexity index is 1180. The molecule has 0 saturated heterocycles. The van der Waals surface area contributed by atoms with Gasteiger partial charge in [-0.3, -0.25) is 9.52 Å². The van der Waals surface area contributed by atoms with Crippen molar-refractivity contribution in [3.8, 4) is 11.5 Å². The van der Waals surface area contributed by atoms with Crippen molar-refractivity contribution >= 4 is 27.3 Å². The largest absolute Gasteiger partial charge is 0.497 e. The molecule has 1 amide bonds. The van der Waals surface area contributed by atoms with Crippen molar-refractivity contribution in [1.82, 2.24) is 0 Å². The number of ether oxygens (including phenoxy) is 2. The van der Waals surface area contributed by atoms with Crippen LogP contribution in [0.15, 0.2) is 71.6 Å². The van der Waals surface area contributed by atoms with Crippen LogP contribution >= 0.6 is 0 Å². The number of hydrogen-bond acceptors (Lipinski definition) is 5. The van der Waals surface area contributed by atoms with Crippen molar-refractivity contribution < 1.29 is 22.7 Å². The van der Waals surface area contributed by atoms with Crippen LogP contribution < -0.4 is 19.5 Å². The van der Waals surface area contributed by atoms with Gasteiger partial charge in [-0.1, -0.05) is 24.3 Å². The highest BCUT2D eigenvalue weighted by atomic mass is 32.2. The number of sulfonamides is 1. The summed E-state index contributed by atoms with van der Waals surface area (Å²) in [6.45, 7) is 1.68. The lowest BCUT2D eigenvalue weighted by Crippen LogP contribution is -2.16. The molecule has 2 N–H and O–H groups in total. The lowest BCUT2D eigenvalue weighted by molar-refractivity contribution is 0.102. The van der Waals surface area contributed by atoms with E-state index in [0.29, 0.717) is 34.0 Å². The number of aryl methyl sites for hydroxylation is 1. The van der Waals surface area contributed by atoms with Gasteiger partial charge in [0.15, 0.2) is 0 Å². The van der Waals surface area contributed by atoms with Crippen molar-refractivity contribution in [2.75, 3.05) is 24.3 Å². The Morgan fingerprint density at radius 1 is 0.900 bits per heavy atom. The van der Waals surface area contributed by atoms with Gasteiger partial charge in [0.25, 0.3) is 15.9 Å². The predicted octanol–water partition coefficient (Wildman–Crippen LogP) is 4.07. The van der Waals surface area contributed by atoms with Crippen LogP contribution in [0.2, 0.25) is 0 Å². The number of carbonyl (C=O) groups is 1. The summed E-state index contributed by atoms with van der Waals surface area (Å²) >= 11 is 0. The molecule has 3 rings (SSSR count). The zero-order chi connectivity index (χ0) is 21.7. The number of rotatable bonds is 7. The Balaban J connectivity index is 1.88. The average Bonchev–Trinajstić information content (AvgIpc) is 2.75. The van der Waals surface area contributed by atoms with Gasteiger partial charge in [0.1, 0.15) is 11.5 Å². The normalized spacial score (nSPS) is 10.9. The van der Waals surface area contributed by atoms with Gasteiger partial charge >= 0.3 is 0 Å². The van der Waals surface area contributed by atoms with Crippen LogP contribution in [0.25, 0.3) is 0 Å². The molecule has 0 unspecified atom stereocenters. The number of hydrogen-bond donors (Lipinski definition) is 2. The number of methoxy groups -OCH3 is 2. The van der Waals surface area contributed by atoms with Crippen LogP contribution in [0.3, 0.4) is 0 Å². The predicted molar refractivity (Wildman–Crippen MR) is 116 cm³/mol. The number of amides is 1. The van der Waals surface area contributed by atoms with E-state index in [9.17, 15) is 13.2 Å². The molecule has 0 aromatic heterocycles. The number of nitrogens with one attached hydrogen (secondary N) is 2. The van der Waals surface area contributed by atoms with E-state index in [1.54, 1.807) is 67.6 Å². The van der Waals surface area contributed by atoms with Gasteiger partial charge in [0, 0.05) is 11.3 Å². The zero-order valence-electron chi connectivity index (χ0n) is 16.8. The minimum absolute atomic E-state index is 0.0526. The minimum Gasteiger partial charge on any atom is -0.497 e. The van der Waals surface area contributed by atoms with Gasteiger partial charge < -0.3 is 14.8 Å². The summed E-state index contributed by atoms with van der Waals surface area (Å²) in [5.41, 5.74) is 1.61. The van der Waals surface area contributed by atoms with Crippen molar-refractivity contribution in [3.05, 3.63) is 77.9 Å². The van der Waals surface area contributed by atoms with Gasteiger partial charge in [-0.15, -0.1) is 0 Å². The molecule has 0 radical (unpaired) electrons. The molecule has 0 bridgehead atoms. The first-order chi connectivity index (χ1) is 14.3. The third-order valence-corrected chi connectivity index (χ3v) is 5.93. The summed E-state index contributed by atoms with van der Waals surface area (Å²) in [5.74, 6) is 0.579. The van der Waals surface area contributed by atoms with E-state index in [2.05, 4.69) is 10.0 Å². The molecule has 0 aliphatic heterocycles. The van der Waals surface area contributed by atoms with Gasteiger partial charge in [-0.25, -0.2) is 8.42 Å². The summed E-state index contributed by atoms with van der Waals surface area (Å²) in [6.07, 6.45) is 0. The first-order valence-corrected chi connectivity index (χ1v) is 10.5. The fourth-order valence-electron chi connectivity index (χ4n) is 2.86. The Hall–Kier alpha value is -3.52. The molecule has 8 heteroatoms. The summed E-state index contributed by atoms with van der Waals surface area (Å²) < 4.78 is 38.9. The van der Waals surface area contributed by atoms with Crippen molar-refractivity contribution in [3.63, 3.8) is 0 Å². The maximum atomic E-state index is 13.0. The zero-order valence-corrected chi connectivity index (χ0v) is 17.6. The lowest BCUT2D eigenvalue weighted by Gasteiger charge is -2.14. The van der Waals surface area contributed by atoms with Gasteiger partial charge in [0.2, 0.25) is 0 Å². The van der Waals surface area contributed by atoms with Crippen molar-refractivity contribution in [2.24, 2.45) is 0 Å². The minimum atomic E-state index is -3.91. The van der Waals surface area contributed by atoms with Crippen LogP contribution in [-0.2, 0) is 10.0 Å². The Morgan fingerprint density at radius 3 is 2.40 bits per heavy atom. The molecule has 0 fully saturated rings. The van der Waals surface area contributed by atoms with E-state index >= 15 is 0 Å². The highest BCUT2D eigenvalue weighted by Gasteiger charge is 2.20. The van der Waals surface area contributed by atoms with Gasteiger partial charge in [0.05, 0.1) is 24.8 Å². The van der Waals surface area contributed by atoms with E-state index in [-0.39, 0.29) is 10.8 Å². The van der Waals surface area contributed by atoms with E-state index in [1.807, 2.05) is 0 Å². The Labute approximate surface area is 175 Å². The third kappa shape index (κ3) is 4.72. The lowest BCUT2D eigenvalue weighted by atomic mass is 10.2. The molecular formula is C22H22N2O5S. The number of benzene rings is 3. The van der Waals surface area contributed by atoms with Crippen molar-refractivity contribution in [2.45, 2.75) is 11.8 Å². The fourth-order valence-corrected chi connectivity index (χ4v) is 4.21. The SMILES string of the molecule is COc1cccc(C(=O)Nc2ccc(C)c(S(=O)(=O)Nc3ccccc3OC)c2)c1. The quantitative estimate of drug-likeness (QED) is 0.594. The summed E-state index contributed by atoms with van der Waals surface area (Å²) in [5, 5.41) is 2.72. The molecule has 7 nitrogen and oxygen atoms in total. The first kappa shape index (κ1) is 21.2. The smallest absolute Gasteiger partial charge is 0.262 e. The second-order valence-corrected chi connectivity index (χ2v) is 8.12. The van der Waals surface area contributed by atoms with E-state index in [4.69, 9.17) is 9.47 Å². The topological polar surface area (TPSA) is 93.7 Å². The second-order valence-electron chi connectivity index (χ2n) is 6.47. The van der Waals surface area contributed by atoms with Crippen LogP contribution in [0.4, 0.5) is 11.4 Å². The van der Waals surface area contributed by atoms with Crippen LogP contribution in [0.1, 0.15) is 15.9 Å². The maximum absolute atomic E-state index is 13.0. The summed E-state index contributed by atoms with van der Waals surface area (Å²) in [6, 6.07) is 18.1. The third-order valence-electron chi connectivity index (χ3n) is 4.42. The molecule has 0 aliphatic rings. The second kappa shape index (κ2) is 8.87. The molecule has 0 saturated carbocycles. The standard InChI is InChI=1S/C22H22N2O5S/c1-15-11-12-17(23-22(25)16-7-6-8-18(13-16)28-2)14-21(15)30(26,27)24-19-9-4-5-10-20(19)29-3/h4-14,24H,1-3H3,(H,23,25). The first-order valence-electron chi connectivity index (χ1n) is 9.06. The van der Waals surface area contributed by atoms with Gasteiger partial charge in [-0.2, -0.15) is 0 Å². The molecule has 3 aromatic rings. The molecule has 0 atom stereocenters. The van der Waals surface area contributed by atoms with Crippen LogP contribution in [0, 0.1) is 6.92 Å². The average molecular weight is 426 g/mol. The monoisotopic (exact) mass is 426 g/mol. The summed E-state index contributed by atoms with van der Waals surface area (Å²) in [7, 11) is -0.929. The molecule has 0 spiro atoms. The molecule has 3 aromatic carbocycles. The number of carbonyl (C=O) groups excluding carboxylic acids is 1. The Kier molecular flexibility index (Phi) is 6.27. The molecule has 0 heterocycles. The molecule has 0 aliphatic carbocycles. The van der Waals surface area contributed by atoms with Gasteiger partial charge in [-0.05, 0) is 55.0 Å². The van der Waals surface area contributed by atoms with Crippen LogP contribution in [0.5, 0.6) is 11.5 Å². The number of para-hydroxylation sites is 2. The summed E-state index contributed by atoms with van der Waals surface area (Å²) in [4.78, 5) is 12.6. The maximum Gasteiger partial charge on any atom is 0.262 e.